The average Bonchev–Trinajstić information content (AvgIpc) is 2.74. The molecule has 152 valence electrons. The first kappa shape index (κ1) is 19.8. The van der Waals surface area contributed by atoms with Gasteiger partial charge in [-0.3, -0.25) is 4.90 Å². The SMILES string of the molecule is CC(C)CCNc1ncnc2ccc(-c3ccccc3CN3CCOCC3)cc12. The van der Waals surface area contributed by atoms with Crippen LogP contribution in [0.5, 0.6) is 0 Å². The van der Waals surface area contributed by atoms with Crippen molar-refractivity contribution in [2.24, 2.45) is 5.92 Å². The van der Waals surface area contributed by atoms with Crippen molar-refractivity contribution < 1.29 is 4.74 Å². The van der Waals surface area contributed by atoms with Gasteiger partial charge in [-0.05, 0) is 41.2 Å². The first-order valence-electron chi connectivity index (χ1n) is 10.6. The second-order valence-corrected chi connectivity index (χ2v) is 8.11. The summed E-state index contributed by atoms with van der Waals surface area (Å²) in [5.41, 5.74) is 4.81. The van der Waals surface area contributed by atoms with E-state index in [4.69, 9.17) is 4.74 Å². The Kier molecular flexibility index (Phi) is 6.37. The van der Waals surface area contributed by atoms with Gasteiger partial charge in [-0.15, -0.1) is 0 Å². The molecule has 1 aliphatic heterocycles. The van der Waals surface area contributed by atoms with Crippen molar-refractivity contribution in [3.8, 4) is 11.1 Å². The Hall–Kier alpha value is -2.50. The minimum absolute atomic E-state index is 0.665. The third-order valence-corrected chi connectivity index (χ3v) is 5.48. The second-order valence-electron chi connectivity index (χ2n) is 8.11. The Balaban J connectivity index is 1.64. The van der Waals surface area contributed by atoms with Crippen molar-refractivity contribution in [1.29, 1.82) is 0 Å². The Morgan fingerprint density at radius 2 is 1.90 bits per heavy atom. The minimum atomic E-state index is 0.665. The molecule has 1 fully saturated rings. The maximum Gasteiger partial charge on any atom is 0.137 e. The number of morpholine rings is 1. The van der Waals surface area contributed by atoms with Crippen molar-refractivity contribution in [2.45, 2.75) is 26.8 Å². The van der Waals surface area contributed by atoms with Crippen LogP contribution in [-0.2, 0) is 11.3 Å². The summed E-state index contributed by atoms with van der Waals surface area (Å²) in [5, 5.41) is 4.58. The van der Waals surface area contributed by atoms with E-state index in [2.05, 4.69) is 76.5 Å². The lowest BCUT2D eigenvalue weighted by molar-refractivity contribution is 0.0342. The summed E-state index contributed by atoms with van der Waals surface area (Å²) in [4.78, 5) is 11.4. The molecule has 5 nitrogen and oxygen atoms in total. The quantitative estimate of drug-likeness (QED) is 0.640. The Morgan fingerprint density at radius 1 is 1.07 bits per heavy atom. The van der Waals surface area contributed by atoms with Crippen LogP contribution >= 0.6 is 0 Å². The monoisotopic (exact) mass is 390 g/mol. The van der Waals surface area contributed by atoms with E-state index < -0.39 is 0 Å². The number of anilines is 1. The molecule has 0 saturated carbocycles. The Morgan fingerprint density at radius 3 is 2.72 bits per heavy atom. The number of hydrogen-bond acceptors (Lipinski definition) is 5. The van der Waals surface area contributed by atoms with Gasteiger partial charge < -0.3 is 10.1 Å². The summed E-state index contributed by atoms with van der Waals surface area (Å²) in [5.74, 6) is 1.58. The highest BCUT2D eigenvalue weighted by atomic mass is 16.5. The van der Waals surface area contributed by atoms with Gasteiger partial charge >= 0.3 is 0 Å². The fraction of sp³-hybridized carbons (Fsp3) is 0.417. The molecule has 1 saturated heterocycles. The molecule has 0 bridgehead atoms. The van der Waals surface area contributed by atoms with Crippen LogP contribution in [0.2, 0.25) is 0 Å². The van der Waals surface area contributed by atoms with Crippen molar-refractivity contribution in [3.05, 3.63) is 54.4 Å². The van der Waals surface area contributed by atoms with Gasteiger partial charge in [0.25, 0.3) is 0 Å². The molecule has 0 aliphatic carbocycles. The zero-order chi connectivity index (χ0) is 20.1. The third kappa shape index (κ3) is 4.92. The van der Waals surface area contributed by atoms with Gasteiger partial charge in [0.1, 0.15) is 12.1 Å². The zero-order valence-corrected chi connectivity index (χ0v) is 17.4. The van der Waals surface area contributed by atoms with Crippen LogP contribution in [0.1, 0.15) is 25.8 Å². The molecule has 0 spiro atoms. The predicted octanol–water partition coefficient (Wildman–Crippen LogP) is 4.59. The van der Waals surface area contributed by atoms with Crippen LogP contribution in [0.3, 0.4) is 0 Å². The van der Waals surface area contributed by atoms with E-state index in [9.17, 15) is 0 Å². The maximum atomic E-state index is 5.50. The van der Waals surface area contributed by atoms with E-state index in [0.717, 1.165) is 62.5 Å². The maximum absolute atomic E-state index is 5.50. The highest BCUT2D eigenvalue weighted by Crippen LogP contribution is 2.30. The van der Waals surface area contributed by atoms with Crippen LogP contribution < -0.4 is 5.32 Å². The highest BCUT2D eigenvalue weighted by Gasteiger charge is 2.14. The third-order valence-electron chi connectivity index (χ3n) is 5.48. The smallest absolute Gasteiger partial charge is 0.137 e. The fourth-order valence-corrected chi connectivity index (χ4v) is 3.78. The molecule has 4 rings (SSSR count). The van der Waals surface area contributed by atoms with Gasteiger partial charge in [-0.2, -0.15) is 0 Å². The van der Waals surface area contributed by atoms with Crippen LogP contribution in [-0.4, -0.2) is 47.7 Å². The molecule has 3 aromatic rings. The number of aromatic nitrogens is 2. The largest absolute Gasteiger partial charge is 0.379 e. The molecule has 1 aromatic heterocycles. The van der Waals surface area contributed by atoms with Crippen molar-refractivity contribution in [2.75, 3.05) is 38.2 Å². The normalized spacial score (nSPS) is 15.1. The van der Waals surface area contributed by atoms with Gasteiger partial charge in [0.05, 0.1) is 18.7 Å². The first-order valence-corrected chi connectivity index (χ1v) is 10.6. The molecule has 1 N–H and O–H groups in total. The van der Waals surface area contributed by atoms with Crippen LogP contribution in [0.25, 0.3) is 22.0 Å². The van der Waals surface area contributed by atoms with Crippen LogP contribution in [0, 0.1) is 5.92 Å². The van der Waals surface area contributed by atoms with Crippen molar-refractivity contribution >= 4 is 16.7 Å². The lowest BCUT2D eigenvalue weighted by atomic mass is 9.98. The lowest BCUT2D eigenvalue weighted by Gasteiger charge is -2.27. The first-order chi connectivity index (χ1) is 14.2. The number of nitrogens with zero attached hydrogens (tertiary/aromatic N) is 3. The number of rotatable bonds is 7. The molecular formula is C24H30N4O. The van der Waals surface area contributed by atoms with E-state index in [0.29, 0.717) is 5.92 Å². The van der Waals surface area contributed by atoms with E-state index in [1.807, 2.05) is 0 Å². The number of ether oxygens (including phenoxy) is 1. The van der Waals surface area contributed by atoms with E-state index in [1.54, 1.807) is 6.33 Å². The van der Waals surface area contributed by atoms with E-state index >= 15 is 0 Å². The summed E-state index contributed by atoms with van der Waals surface area (Å²) in [7, 11) is 0. The van der Waals surface area contributed by atoms with Gasteiger partial charge in [0, 0.05) is 31.6 Å². The van der Waals surface area contributed by atoms with E-state index in [1.165, 1.54) is 16.7 Å². The molecule has 0 amide bonds. The van der Waals surface area contributed by atoms with Gasteiger partial charge in [-0.25, -0.2) is 9.97 Å². The topological polar surface area (TPSA) is 50.3 Å². The van der Waals surface area contributed by atoms with Gasteiger partial charge in [0.2, 0.25) is 0 Å². The summed E-state index contributed by atoms with van der Waals surface area (Å²) < 4.78 is 5.50. The number of nitrogens with one attached hydrogen (secondary N) is 1. The molecule has 0 atom stereocenters. The standard InChI is InChI=1S/C24H30N4O/c1-18(2)9-10-25-24-22-15-19(7-8-23(22)26-17-27-24)21-6-4-3-5-20(21)16-28-11-13-29-14-12-28/h3-8,15,17-18H,9-14,16H2,1-2H3,(H,25,26,27). The van der Waals surface area contributed by atoms with E-state index in [-0.39, 0.29) is 0 Å². The van der Waals surface area contributed by atoms with Gasteiger partial charge in [0.15, 0.2) is 0 Å². The molecule has 0 radical (unpaired) electrons. The Bertz CT molecular complexity index is 951. The lowest BCUT2D eigenvalue weighted by Crippen LogP contribution is -2.35. The number of fused-ring (bicyclic) bond motifs is 1. The van der Waals surface area contributed by atoms with Crippen LogP contribution in [0.4, 0.5) is 5.82 Å². The Labute approximate surface area is 173 Å². The average molecular weight is 391 g/mol. The molecule has 1 aliphatic rings. The highest BCUT2D eigenvalue weighted by molar-refractivity contribution is 5.92. The molecule has 2 aromatic carbocycles. The van der Waals surface area contributed by atoms with Crippen molar-refractivity contribution in [3.63, 3.8) is 0 Å². The zero-order valence-electron chi connectivity index (χ0n) is 17.4. The predicted molar refractivity (Wildman–Crippen MR) is 119 cm³/mol. The summed E-state index contributed by atoms with van der Waals surface area (Å²) >= 11 is 0. The van der Waals surface area contributed by atoms with Crippen molar-refractivity contribution in [1.82, 2.24) is 14.9 Å². The summed E-state index contributed by atoms with van der Waals surface area (Å²) in [6.45, 7) is 9.96. The molecule has 5 heteroatoms. The summed E-state index contributed by atoms with van der Waals surface area (Å²) in [6.07, 6.45) is 2.76. The fourth-order valence-electron chi connectivity index (χ4n) is 3.78. The van der Waals surface area contributed by atoms with Gasteiger partial charge in [-0.1, -0.05) is 44.2 Å². The van der Waals surface area contributed by atoms with Crippen LogP contribution in [0.15, 0.2) is 48.8 Å². The number of benzene rings is 2. The molecule has 29 heavy (non-hydrogen) atoms. The molecule has 2 heterocycles. The molecule has 0 unspecified atom stereocenters. The number of hydrogen-bond donors (Lipinski definition) is 1. The second kappa shape index (κ2) is 9.33. The molecular weight excluding hydrogens is 360 g/mol. The summed E-state index contributed by atoms with van der Waals surface area (Å²) in [6, 6.07) is 15.2. The minimum Gasteiger partial charge on any atom is -0.379 e.